The van der Waals surface area contributed by atoms with Gasteiger partial charge in [-0.3, -0.25) is 0 Å². The van der Waals surface area contributed by atoms with E-state index in [1.54, 1.807) is 0 Å². The van der Waals surface area contributed by atoms with Gasteiger partial charge in [-0.1, -0.05) is 97.3 Å². The van der Waals surface area contributed by atoms with Gasteiger partial charge in [-0.25, -0.2) is 8.42 Å². The van der Waals surface area contributed by atoms with Gasteiger partial charge in [-0.05, 0) is 25.7 Å². The molecule has 6 heteroatoms. The maximum Gasteiger partial charge on any atom is 1.00 e. The van der Waals surface area contributed by atoms with Gasteiger partial charge < -0.3 is 9.66 Å². The average molecular weight is 431 g/mol. The minimum absolute atomic E-state index is 0. The van der Waals surface area contributed by atoms with Crippen LogP contribution in [0.25, 0.3) is 0 Å². The molecule has 158 valence electrons. The molecule has 27 heavy (non-hydrogen) atoms. The minimum atomic E-state index is -4.15. The van der Waals surface area contributed by atoms with Crippen molar-refractivity contribution in [2.45, 2.75) is 134 Å². The molecule has 0 aliphatic rings. The van der Waals surface area contributed by atoms with Crippen LogP contribution >= 0.6 is 0 Å². The topological polar surface area (TPSA) is 77.4 Å². The fraction of sp³-hybridized carbons (Fsp3) is 1.00. The van der Waals surface area contributed by atoms with E-state index in [0.717, 1.165) is 64.2 Å². The molecule has 0 radical (unpaired) electrons. The first-order valence-electron chi connectivity index (χ1n) is 11.0. The Bertz CT molecular complexity index is 401. The Morgan fingerprint density at radius 3 is 1.48 bits per heavy atom. The Morgan fingerprint density at radius 1 is 0.667 bits per heavy atom. The van der Waals surface area contributed by atoms with Crippen molar-refractivity contribution in [2.75, 3.05) is 0 Å². The summed E-state index contributed by atoms with van der Waals surface area (Å²) in [7, 11) is -4.15. The molecule has 0 bridgehead atoms. The van der Waals surface area contributed by atoms with E-state index in [4.69, 9.17) is 0 Å². The van der Waals surface area contributed by atoms with Crippen molar-refractivity contribution in [2.24, 2.45) is 0 Å². The molecule has 0 aromatic carbocycles. The van der Waals surface area contributed by atoms with Crippen LogP contribution < -0.4 is 51.4 Å². The third-order valence-corrected chi connectivity index (χ3v) is 6.53. The van der Waals surface area contributed by atoms with Crippen molar-refractivity contribution >= 4 is 10.1 Å². The van der Waals surface area contributed by atoms with Gasteiger partial charge in [0, 0.05) is 5.25 Å². The van der Waals surface area contributed by atoms with E-state index >= 15 is 0 Å². The van der Waals surface area contributed by atoms with Gasteiger partial charge in [0.2, 0.25) is 0 Å². The zero-order valence-corrected chi connectivity index (χ0v) is 22.2. The van der Waals surface area contributed by atoms with E-state index in [0.29, 0.717) is 12.8 Å². The SMILES string of the molecule is CCCCCCCCC(O)CCCCCCCC(CCCC)S(=O)(=O)[O-].[K+]. The summed E-state index contributed by atoms with van der Waals surface area (Å²) >= 11 is 0. The zero-order chi connectivity index (χ0) is 19.7. The quantitative estimate of drug-likeness (QED) is 0.194. The molecule has 2 unspecified atom stereocenters. The minimum Gasteiger partial charge on any atom is -0.748 e. The maximum absolute atomic E-state index is 11.3. The molecule has 0 fully saturated rings. The Kier molecular flexibility index (Phi) is 23.6. The van der Waals surface area contributed by atoms with E-state index in [2.05, 4.69) is 6.92 Å². The van der Waals surface area contributed by atoms with Gasteiger partial charge in [-0.2, -0.15) is 0 Å². The smallest absolute Gasteiger partial charge is 0.748 e. The Labute approximate surface area is 211 Å². The second-order valence-corrected chi connectivity index (χ2v) is 9.46. The van der Waals surface area contributed by atoms with Crippen molar-refractivity contribution in [3.05, 3.63) is 0 Å². The van der Waals surface area contributed by atoms with Crippen LogP contribution in [0.3, 0.4) is 0 Å². The second kappa shape index (κ2) is 20.8. The number of rotatable bonds is 19. The number of aliphatic hydroxyl groups excluding tert-OH is 1. The van der Waals surface area contributed by atoms with Crippen LogP contribution in [0.4, 0.5) is 0 Å². The normalized spacial score (nSPS) is 13.9. The molecule has 0 amide bonds. The fourth-order valence-corrected chi connectivity index (χ4v) is 4.36. The number of aliphatic hydroxyl groups is 1. The Balaban J connectivity index is 0. The molecule has 4 nitrogen and oxygen atoms in total. The average Bonchev–Trinajstić information content (AvgIpc) is 2.58. The molecule has 0 saturated heterocycles. The van der Waals surface area contributed by atoms with Gasteiger partial charge in [0.05, 0.1) is 16.2 Å². The summed E-state index contributed by atoms with van der Waals surface area (Å²) in [6.07, 6.45) is 16.9. The summed E-state index contributed by atoms with van der Waals surface area (Å²) in [6, 6.07) is 0. The van der Waals surface area contributed by atoms with E-state index in [1.165, 1.54) is 32.1 Å². The van der Waals surface area contributed by atoms with Crippen molar-refractivity contribution in [3.8, 4) is 0 Å². The molecular formula is C21H43KO4S. The van der Waals surface area contributed by atoms with E-state index in [-0.39, 0.29) is 57.5 Å². The molecule has 0 saturated carbocycles. The van der Waals surface area contributed by atoms with Crippen LogP contribution in [0.5, 0.6) is 0 Å². The third-order valence-electron chi connectivity index (χ3n) is 5.24. The van der Waals surface area contributed by atoms with Crippen LogP contribution in [0.1, 0.15) is 123 Å². The van der Waals surface area contributed by atoms with Gasteiger partial charge >= 0.3 is 51.4 Å². The molecule has 0 rings (SSSR count). The number of hydrogen-bond acceptors (Lipinski definition) is 4. The summed E-state index contributed by atoms with van der Waals surface area (Å²) in [5, 5.41) is 9.30. The monoisotopic (exact) mass is 430 g/mol. The molecular weight excluding hydrogens is 387 g/mol. The van der Waals surface area contributed by atoms with Crippen LogP contribution in [0.15, 0.2) is 0 Å². The van der Waals surface area contributed by atoms with Crippen molar-refractivity contribution in [3.63, 3.8) is 0 Å². The van der Waals surface area contributed by atoms with Gasteiger partial charge in [0.15, 0.2) is 0 Å². The number of hydrogen-bond donors (Lipinski definition) is 1. The van der Waals surface area contributed by atoms with Crippen LogP contribution in [0.2, 0.25) is 0 Å². The first-order chi connectivity index (χ1) is 12.4. The van der Waals surface area contributed by atoms with Gasteiger partial charge in [0.25, 0.3) is 0 Å². The van der Waals surface area contributed by atoms with Gasteiger partial charge in [0.1, 0.15) is 0 Å². The molecule has 1 N–H and O–H groups in total. The van der Waals surface area contributed by atoms with E-state index < -0.39 is 15.4 Å². The molecule has 0 heterocycles. The summed E-state index contributed by atoms with van der Waals surface area (Å²) in [5.74, 6) is 0. The second-order valence-electron chi connectivity index (χ2n) is 7.81. The summed E-state index contributed by atoms with van der Waals surface area (Å²) in [5.41, 5.74) is 0. The zero-order valence-electron chi connectivity index (χ0n) is 18.3. The fourth-order valence-electron chi connectivity index (χ4n) is 3.45. The molecule has 2 atom stereocenters. The van der Waals surface area contributed by atoms with Crippen molar-refractivity contribution in [1.82, 2.24) is 0 Å². The van der Waals surface area contributed by atoms with E-state index in [1.807, 2.05) is 6.92 Å². The van der Waals surface area contributed by atoms with Crippen LogP contribution in [-0.4, -0.2) is 29.4 Å². The van der Waals surface area contributed by atoms with Crippen molar-refractivity contribution < 1.29 is 69.5 Å². The Morgan fingerprint density at radius 2 is 1.04 bits per heavy atom. The van der Waals surface area contributed by atoms with Crippen LogP contribution in [-0.2, 0) is 10.1 Å². The first kappa shape index (κ1) is 30.7. The Hall–Kier alpha value is 1.51. The molecule has 0 spiro atoms. The predicted octanol–water partition coefficient (Wildman–Crippen LogP) is 2.94. The summed E-state index contributed by atoms with van der Waals surface area (Å²) in [6.45, 7) is 4.23. The summed E-state index contributed by atoms with van der Waals surface area (Å²) < 4.78 is 33.8. The van der Waals surface area contributed by atoms with E-state index in [9.17, 15) is 18.1 Å². The molecule has 0 aromatic rings. The third kappa shape index (κ3) is 20.6. The molecule has 0 aliphatic heterocycles. The summed E-state index contributed by atoms with van der Waals surface area (Å²) in [4.78, 5) is 0. The molecule has 0 aliphatic carbocycles. The van der Waals surface area contributed by atoms with Gasteiger partial charge in [-0.15, -0.1) is 0 Å². The standard InChI is InChI=1S/C21H44O4S.K/c1-3-5-7-8-10-13-16-20(22)17-14-11-9-12-15-19-21(18-6-4-2)26(23,24)25;/h20-22H,3-19H2,1-2H3,(H,23,24,25);/q;+1/p-1. The predicted molar refractivity (Wildman–Crippen MR) is 109 cm³/mol. The molecule has 0 aromatic heterocycles. The largest absolute Gasteiger partial charge is 1.00 e. The maximum atomic E-state index is 11.3. The number of unbranched alkanes of at least 4 members (excludes halogenated alkanes) is 10. The van der Waals surface area contributed by atoms with Crippen molar-refractivity contribution in [1.29, 1.82) is 0 Å². The van der Waals surface area contributed by atoms with Crippen LogP contribution in [0, 0.1) is 0 Å². The first-order valence-corrected chi connectivity index (χ1v) is 12.5.